The Morgan fingerprint density at radius 3 is 2.67 bits per heavy atom. The normalized spacial score (nSPS) is 26.9. The minimum Gasteiger partial charge on any atom is -0.497 e. The third kappa shape index (κ3) is 1.84. The zero-order valence-corrected chi connectivity index (χ0v) is 11.7. The van der Waals surface area contributed by atoms with Crippen LogP contribution in [0.5, 0.6) is 5.75 Å². The molecular formula is C16H22O2. The lowest BCUT2D eigenvalue weighted by atomic mass is 9.64. The van der Waals surface area contributed by atoms with Crippen molar-refractivity contribution in [1.29, 1.82) is 0 Å². The van der Waals surface area contributed by atoms with Crippen molar-refractivity contribution < 1.29 is 9.53 Å². The number of ether oxygens (including phenoxy) is 1. The monoisotopic (exact) mass is 246 g/mol. The minimum atomic E-state index is -0.344. The fraction of sp³-hybridized carbons (Fsp3) is 0.562. The molecular weight excluding hydrogens is 224 g/mol. The average molecular weight is 246 g/mol. The summed E-state index contributed by atoms with van der Waals surface area (Å²) in [7, 11) is 1.67. The van der Waals surface area contributed by atoms with Gasteiger partial charge < -0.3 is 4.74 Å². The van der Waals surface area contributed by atoms with Gasteiger partial charge in [0.2, 0.25) is 0 Å². The summed E-state index contributed by atoms with van der Waals surface area (Å²) in [5.74, 6) is 1.42. The third-order valence-electron chi connectivity index (χ3n) is 4.49. The van der Waals surface area contributed by atoms with Crippen LogP contribution in [0.3, 0.4) is 0 Å². The van der Waals surface area contributed by atoms with Crippen molar-refractivity contribution in [2.75, 3.05) is 7.11 Å². The molecule has 0 saturated carbocycles. The summed E-state index contributed by atoms with van der Waals surface area (Å²) >= 11 is 0. The molecule has 2 rings (SSSR count). The van der Waals surface area contributed by atoms with Gasteiger partial charge in [0.1, 0.15) is 11.5 Å². The Hall–Kier alpha value is -1.31. The Morgan fingerprint density at radius 2 is 2.11 bits per heavy atom. The first-order valence-electron chi connectivity index (χ1n) is 6.78. The molecule has 2 atom stereocenters. The highest BCUT2D eigenvalue weighted by molar-refractivity contribution is 5.94. The maximum atomic E-state index is 12.6. The van der Waals surface area contributed by atoms with Crippen molar-refractivity contribution in [2.24, 2.45) is 5.92 Å². The van der Waals surface area contributed by atoms with Gasteiger partial charge in [-0.2, -0.15) is 0 Å². The van der Waals surface area contributed by atoms with E-state index in [0.717, 1.165) is 25.0 Å². The SMILES string of the molecule is CC[C@H]1Cc2ccc(OC)cc2[C@@](C)(CC)C1=O. The smallest absolute Gasteiger partial charge is 0.146 e. The molecule has 0 aliphatic heterocycles. The van der Waals surface area contributed by atoms with Crippen molar-refractivity contribution in [3.63, 3.8) is 0 Å². The van der Waals surface area contributed by atoms with Gasteiger partial charge in [0.05, 0.1) is 12.5 Å². The third-order valence-corrected chi connectivity index (χ3v) is 4.49. The molecule has 0 fully saturated rings. The van der Waals surface area contributed by atoms with E-state index in [4.69, 9.17) is 4.74 Å². The predicted octanol–water partition coefficient (Wildman–Crippen LogP) is 3.51. The van der Waals surface area contributed by atoms with Crippen LogP contribution < -0.4 is 4.74 Å². The van der Waals surface area contributed by atoms with E-state index < -0.39 is 0 Å². The highest BCUT2D eigenvalue weighted by Gasteiger charge is 2.42. The first kappa shape index (κ1) is 13.1. The van der Waals surface area contributed by atoms with Crippen molar-refractivity contribution in [3.8, 4) is 5.75 Å². The number of benzene rings is 1. The van der Waals surface area contributed by atoms with Crippen LogP contribution in [0.15, 0.2) is 18.2 Å². The molecule has 0 spiro atoms. The maximum absolute atomic E-state index is 12.6. The number of carbonyl (C=O) groups is 1. The second kappa shape index (κ2) is 4.75. The van der Waals surface area contributed by atoms with Crippen LogP contribution >= 0.6 is 0 Å². The molecule has 0 bridgehead atoms. The maximum Gasteiger partial charge on any atom is 0.146 e. The topological polar surface area (TPSA) is 26.3 Å². The number of methoxy groups -OCH3 is 1. The van der Waals surface area contributed by atoms with Gasteiger partial charge in [-0.25, -0.2) is 0 Å². The number of rotatable bonds is 3. The molecule has 0 heterocycles. The van der Waals surface area contributed by atoms with Gasteiger partial charge in [0.15, 0.2) is 0 Å². The van der Waals surface area contributed by atoms with Crippen LogP contribution in [0, 0.1) is 5.92 Å². The van der Waals surface area contributed by atoms with Crippen molar-refractivity contribution in [2.45, 2.75) is 45.4 Å². The van der Waals surface area contributed by atoms with Crippen LogP contribution in [-0.2, 0) is 16.6 Å². The quantitative estimate of drug-likeness (QED) is 0.815. The largest absolute Gasteiger partial charge is 0.497 e. The Balaban J connectivity index is 2.57. The molecule has 2 nitrogen and oxygen atoms in total. The van der Waals surface area contributed by atoms with Crippen LogP contribution in [0.4, 0.5) is 0 Å². The van der Waals surface area contributed by atoms with Crippen molar-refractivity contribution in [3.05, 3.63) is 29.3 Å². The molecule has 18 heavy (non-hydrogen) atoms. The van der Waals surface area contributed by atoms with Gasteiger partial charge in [0.25, 0.3) is 0 Å². The molecule has 2 heteroatoms. The highest BCUT2D eigenvalue weighted by atomic mass is 16.5. The van der Waals surface area contributed by atoms with Crippen LogP contribution in [0.2, 0.25) is 0 Å². The van der Waals surface area contributed by atoms with E-state index in [-0.39, 0.29) is 11.3 Å². The number of ketones is 1. The van der Waals surface area contributed by atoms with Crippen LogP contribution in [0.25, 0.3) is 0 Å². The van der Waals surface area contributed by atoms with Crippen molar-refractivity contribution in [1.82, 2.24) is 0 Å². The molecule has 1 aromatic carbocycles. The van der Waals surface area contributed by atoms with Gasteiger partial charge in [-0.1, -0.05) is 19.9 Å². The van der Waals surface area contributed by atoms with Gasteiger partial charge in [-0.3, -0.25) is 4.79 Å². The highest BCUT2D eigenvalue weighted by Crippen LogP contribution is 2.41. The summed E-state index contributed by atoms with van der Waals surface area (Å²) in [6, 6.07) is 6.16. The average Bonchev–Trinajstić information content (AvgIpc) is 2.42. The number of hydrogen-bond acceptors (Lipinski definition) is 2. The molecule has 1 aliphatic rings. The van der Waals surface area contributed by atoms with E-state index in [1.165, 1.54) is 11.1 Å². The second-order valence-electron chi connectivity index (χ2n) is 5.38. The standard InChI is InChI=1S/C16H22O2/c1-5-11-9-12-7-8-13(18-4)10-14(12)16(3,6-2)15(11)17/h7-8,10-11H,5-6,9H2,1-4H3/t11-,16+/m0/s1. The first-order valence-corrected chi connectivity index (χ1v) is 6.78. The lowest BCUT2D eigenvalue weighted by Crippen LogP contribution is -2.42. The molecule has 0 aromatic heterocycles. The van der Waals surface area contributed by atoms with Crippen molar-refractivity contribution >= 4 is 5.78 Å². The van der Waals surface area contributed by atoms with Crippen LogP contribution in [0.1, 0.15) is 44.7 Å². The Morgan fingerprint density at radius 1 is 1.39 bits per heavy atom. The van der Waals surface area contributed by atoms with E-state index in [9.17, 15) is 4.79 Å². The number of hydrogen-bond donors (Lipinski definition) is 0. The van der Waals surface area contributed by atoms with Gasteiger partial charge >= 0.3 is 0 Å². The minimum absolute atomic E-state index is 0.177. The summed E-state index contributed by atoms with van der Waals surface area (Å²) in [6.07, 6.45) is 2.66. The zero-order chi connectivity index (χ0) is 13.3. The van der Waals surface area contributed by atoms with E-state index in [1.54, 1.807) is 7.11 Å². The molecule has 0 amide bonds. The van der Waals surface area contributed by atoms with Gasteiger partial charge in [0, 0.05) is 5.92 Å². The molecule has 1 aromatic rings. The zero-order valence-electron chi connectivity index (χ0n) is 11.7. The van der Waals surface area contributed by atoms with E-state index in [2.05, 4.69) is 26.8 Å². The summed E-state index contributed by atoms with van der Waals surface area (Å²) < 4.78 is 5.30. The van der Waals surface area contributed by atoms with E-state index in [1.807, 2.05) is 12.1 Å². The molecule has 0 radical (unpaired) electrons. The van der Waals surface area contributed by atoms with E-state index >= 15 is 0 Å². The number of Topliss-reactive ketones (excluding diaryl/α,β-unsaturated/α-hetero) is 1. The lowest BCUT2D eigenvalue weighted by molar-refractivity contribution is -0.129. The number of carbonyl (C=O) groups excluding carboxylic acids is 1. The molecule has 0 unspecified atom stereocenters. The van der Waals surface area contributed by atoms with Crippen LogP contribution in [-0.4, -0.2) is 12.9 Å². The fourth-order valence-corrected chi connectivity index (χ4v) is 3.01. The Kier molecular flexibility index (Phi) is 3.47. The summed E-state index contributed by atoms with van der Waals surface area (Å²) in [4.78, 5) is 12.6. The first-order chi connectivity index (χ1) is 8.56. The molecule has 1 aliphatic carbocycles. The molecule has 98 valence electrons. The second-order valence-corrected chi connectivity index (χ2v) is 5.38. The van der Waals surface area contributed by atoms with Gasteiger partial charge in [-0.05, 0) is 49.4 Å². The Labute approximate surface area is 109 Å². The number of fused-ring (bicyclic) bond motifs is 1. The summed E-state index contributed by atoms with van der Waals surface area (Å²) in [5.41, 5.74) is 2.13. The summed E-state index contributed by atoms with van der Waals surface area (Å²) in [5, 5.41) is 0. The van der Waals surface area contributed by atoms with E-state index in [0.29, 0.717) is 5.78 Å². The molecule has 0 N–H and O–H groups in total. The lowest BCUT2D eigenvalue weighted by Gasteiger charge is -2.38. The summed E-state index contributed by atoms with van der Waals surface area (Å²) in [6.45, 7) is 6.28. The van der Waals surface area contributed by atoms with Gasteiger partial charge in [-0.15, -0.1) is 0 Å². The molecule has 0 saturated heterocycles. The Bertz CT molecular complexity index is 464. The fourth-order valence-electron chi connectivity index (χ4n) is 3.01. The predicted molar refractivity (Wildman–Crippen MR) is 73.1 cm³/mol.